The molecular weight excluding hydrogens is 396 g/mol. The number of aliphatic carboxylic acids is 2. The Balaban J connectivity index is 0.000000501. The second-order valence-electron chi connectivity index (χ2n) is 7.61. The van der Waals surface area contributed by atoms with Crippen molar-refractivity contribution in [2.24, 2.45) is 5.92 Å². The highest BCUT2D eigenvalue weighted by Gasteiger charge is 2.18. The zero-order valence-electron chi connectivity index (χ0n) is 18.2. The van der Waals surface area contributed by atoms with Gasteiger partial charge in [0.05, 0.1) is 7.11 Å². The fourth-order valence-electron chi connectivity index (χ4n) is 3.45. The van der Waals surface area contributed by atoms with Gasteiger partial charge in [-0.2, -0.15) is 0 Å². The molecule has 0 unspecified atom stereocenters. The predicted molar refractivity (Wildman–Crippen MR) is 119 cm³/mol. The van der Waals surface area contributed by atoms with Gasteiger partial charge in [-0.1, -0.05) is 42.0 Å². The van der Waals surface area contributed by atoms with Gasteiger partial charge in [-0.25, -0.2) is 14.6 Å². The van der Waals surface area contributed by atoms with Crippen molar-refractivity contribution in [1.29, 1.82) is 0 Å². The molecule has 166 valence electrons. The van der Waals surface area contributed by atoms with Gasteiger partial charge >= 0.3 is 11.9 Å². The predicted octanol–water partition coefficient (Wildman–Crippen LogP) is 3.79. The second-order valence-corrected chi connectivity index (χ2v) is 7.61. The smallest absolute Gasteiger partial charge is 0.414 e. The molecule has 1 aromatic carbocycles. The van der Waals surface area contributed by atoms with Crippen LogP contribution in [0.3, 0.4) is 0 Å². The van der Waals surface area contributed by atoms with Crippen molar-refractivity contribution in [3.8, 4) is 5.88 Å². The zero-order chi connectivity index (χ0) is 22.8. The fraction of sp³-hybridized carbons (Fsp3) is 0.375. The molecule has 0 bridgehead atoms. The summed E-state index contributed by atoms with van der Waals surface area (Å²) in [6.45, 7) is 7.51. The van der Waals surface area contributed by atoms with Crippen LogP contribution in [0.25, 0.3) is 6.08 Å². The molecule has 1 fully saturated rings. The van der Waals surface area contributed by atoms with E-state index in [-0.39, 0.29) is 0 Å². The van der Waals surface area contributed by atoms with Crippen molar-refractivity contribution in [3.63, 3.8) is 0 Å². The molecule has 0 amide bonds. The molecule has 31 heavy (non-hydrogen) atoms. The number of rotatable bonds is 5. The summed E-state index contributed by atoms with van der Waals surface area (Å²) in [6, 6.07) is 10.8. The van der Waals surface area contributed by atoms with E-state index in [2.05, 4.69) is 60.1 Å². The number of carbonyl (C=O) groups is 2. The maximum absolute atomic E-state index is 9.10. The molecule has 0 spiro atoms. The maximum atomic E-state index is 9.10. The molecule has 2 N–H and O–H groups in total. The first-order valence-corrected chi connectivity index (χ1v) is 10.2. The monoisotopic (exact) mass is 426 g/mol. The molecular formula is C24H30N2O5. The van der Waals surface area contributed by atoms with Crippen LogP contribution in [0.2, 0.25) is 0 Å². The average molecular weight is 427 g/mol. The Morgan fingerprint density at radius 1 is 1.16 bits per heavy atom. The van der Waals surface area contributed by atoms with Crippen LogP contribution in [0.4, 0.5) is 0 Å². The summed E-state index contributed by atoms with van der Waals surface area (Å²) in [5.41, 5.74) is 5.20. The van der Waals surface area contributed by atoms with Crippen molar-refractivity contribution in [2.45, 2.75) is 33.2 Å². The first-order valence-electron chi connectivity index (χ1n) is 10.2. The highest BCUT2D eigenvalue weighted by atomic mass is 16.5. The molecule has 0 radical (unpaired) electrons. The van der Waals surface area contributed by atoms with Crippen LogP contribution < -0.4 is 4.74 Å². The highest BCUT2D eigenvalue weighted by molar-refractivity contribution is 6.27. The second kappa shape index (κ2) is 11.9. The number of allylic oxidation sites excluding steroid dienone is 1. The number of ether oxygens (including phenoxy) is 1. The third kappa shape index (κ3) is 7.86. The summed E-state index contributed by atoms with van der Waals surface area (Å²) in [5, 5.41) is 14.8. The third-order valence-corrected chi connectivity index (χ3v) is 5.24. The first kappa shape index (κ1) is 24.1. The Hall–Kier alpha value is -3.19. The minimum absolute atomic E-state index is 0.673. The van der Waals surface area contributed by atoms with Crippen LogP contribution in [0, 0.1) is 19.8 Å². The molecule has 2 aromatic rings. The average Bonchev–Trinajstić information content (AvgIpc) is 2.76. The summed E-state index contributed by atoms with van der Waals surface area (Å²) in [7, 11) is 1.69. The Morgan fingerprint density at radius 2 is 1.84 bits per heavy atom. The van der Waals surface area contributed by atoms with Crippen molar-refractivity contribution in [1.82, 2.24) is 9.88 Å². The standard InChI is InChI=1S/C22H28N2O.C2H2O4/c1-17-6-7-18(2)20(15-17)9-8-19-10-13-24(14-11-19)16-21-5-4-12-23-22(21)25-3;3-1(4)2(5)6/h4-9,12,15,19H,10-11,13-14,16H2,1-3H3;(H,3,4)(H,5,6). The summed E-state index contributed by atoms with van der Waals surface area (Å²) in [5.74, 6) is -2.23. The molecule has 2 heterocycles. The number of hydrogen-bond donors (Lipinski definition) is 2. The van der Waals surface area contributed by atoms with Gasteiger partial charge in [-0.05, 0) is 62.9 Å². The van der Waals surface area contributed by atoms with Crippen molar-refractivity contribution < 1.29 is 24.5 Å². The van der Waals surface area contributed by atoms with Crippen molar-refractivity contribution in [3.05, 3.63) is 64.9 Å². The van der Waals surface area contributed by atoms with Crippen LogP contribution in [0.5, 0.6) is 5.88 Å². The number of methoxy groups -OCH3 is 1. The lowest BCUT2D eigenvalue weighted by Gasteiger charge is -2.30. The number of pyridine rings is 1. The number of nitrogens with zero attached hydrogens (tertiary/aromatic N) is 2. The van der Waals surface area contributed by atoms with Gasteiger partial charge in [0.2, 0.25) is 5.88 Å². The van der Waals surface area contributed by atoms with Crippen LogP contribution in [-0.2, 0) is 16.1 Å². The SMILES string of the molecule is COc1ncccc1CN1CCC(C=Cc2cc(C)ccc2C)CC1.O=C(O)C(=O)O. The number of aryl methyl sites for hydroxylation is 2. The largest absolute Gasteiger partial charge is 0.481 e. The summed E-state index contributed by atoms with van der Waals surface area (Å²) in [4.78, 5) is 25.0. The van der Waals surface area contributed by atoms with Gasteiger partial charge in [-0.3, -0.25) is 4.90 Å². The lowest BCUT2D eigenvalue weighted by Crippen LogP contribution is -2.32. The van der Waals surface area contributed by atoms with E-state index >= 15 is 0 Å². The highest BCUT2D eigenvalue weighted by Crippen LogP contribution is 2.24. The van der Waals surface area contributed by atoms with E-state index in [1.807, 2.05) is 6.07 Å². The van der Waals surface area contributed by atoms with Gasteiger partial charge < -0.3 is 14.9 Å². The fourth-order valence-corrected chi connectivity index (χ4v) is 3.45. The van der Waals surface area contributed by atoms with Gasteiger partial charge in [0.25, 0.3) is 0 Å². The molecule has 1 aliphatic rings. The topological polar surface area (TPSA) is 100.0 Å². The van der Waals surface area contributed by atoms with E-state index in [1.165, 1.54) is 35.1 Å². The number of aromatic nitrogens is 1. The van der Waals surface area contributed by atoms with E-state index in [1.54, 1.807) is 13.3 Å². The number of piperidine rings is 1. The number of likely N-dealkylation sites (tertiary alicyclic amines) is 1. The van der Waals surface area contributed by atoms with E-state index in [9.17, 15) is 0 Å². The van der Waals surface area contributed by atoms with E-state index in [4.69, 9.17) is 24.5 Å². The van der Waals surface area contributed by atoms with Crippen LogP contribution >= 0.6 is 0 Å². The molecule has 3 rings (SSSR count). The minimum Gasteiger partial charge on any atom is -0.481 e. The third-order valence-electron chi connectivity index (χ3n) is 5.24. The van der Waals surface area contributed by atoms with Gasteiger partial charge in [-0.15, -0.1) is 0 Å². The van der Waals surface area contributed by atoms with Gasteiger partial charge in [0, 0.05) is 18.3 Å². The molecule has 1 aliphatic heterocycles. The van der Waals surface area contributed by atoms with E-state index in [0.29, 0.717) is 5.92 Å². The van der Waals surface area contributed by atoms with Crippen LogP contribution in [0.15, 0.2) is 42.6 Å². The van der Waals surface area contributed by atoms with Crippen LogP contribution in [0.1, 0.15) is 35.1 Å². The molecule has 0 saturated carbocycles. The molecule has 1 saturated heterocycles. The number of carboxylic acid groups (broad SMARTS) is 2. The maximum Gasteiger partial charge on any atom is 0.414 e. The van der Waals surface area contributed by atoms with E-state index < -0.39 is 11.9 Å². The normalized spacial score (nSPS) is 14.7. The van der Waals surface area contributed by atoms with Crippen LogP contribution in [-0.4, -0.2) is 52.2 Å². The Kier molecular flexibility index (Phi) is 9.21. The summed E-state index contributed by atoms with van der Waals surface area (Å²) in [6.07, 6.45) is 8.93. The molecule has 0 aliphatic carbocycles. The Labute approximate surface area is 183 Å². The summed E-state index contributed by atoms with van der Waals surface area (Å²) >= 11 is 0. The quantitative estimate of drug-likeness (QED) is 0.702. The number of hydrogen-bond acceptors (Lipinski definition) is 5. The molecule has 0 atom stereocenters. The van der Waals surface area contributed by atoms with Crippen molar-refractivity contribution in [2.75, 3.05) is 20.2 Å². The van der Waals surface area contributed by atoms with Crippen molar-refractivity contribution >= 4 is 18.0 Å². The molecule has 7 heteroatoms. The first-order chi connectivity index (χ1) is 14.8. The lowest BCUT2D eigenvalue weighted by atomic mass is 9.94. The van der Waals surface area contributed by atoms with E-state index in [0.717, 1.165) is 25.5 Å². The number of benzene rings is 1. The van der Waals surface area contributed by atoms with Gasteiger partial charge in [0.15, 0.2) is 0 Å². The minimum atomic E-state index is -1.82. The molecule has 1 aromatic heterocycles. The Bertz CT molecular complexity index is 906. The van der Waals surface area contributed by atoms with Gasteiger partial charge in [0.1, 0.15) is 0 Å². The number of carboxylic acids is 2. The molecule has 7 nitrogen and oxygen atoms in total. The Morgan fingerprint density at radius 3 is 2.45 bits per heavy atom. The summed E-state index contributed by atoms with van der Waals surface area (Å²) < 4.78 is 5.37. The lowest BCUT2D eigenvalue weighted by molar-refractivity contribution is -0.159. The zero-order valence-corrected chi connectivity index (χ0v) is 18.2.